The van der Waals surface area contributed by atoms with Gasteiger partial charge < -0.3 is 9.15 Å². The molecule has 1 unspecified atom stereocenters. The molecule has 150 valence electrons. The van der Waals surface area contributed by atoms with Crippen LogP contribution in [0.15, 0.2) is 108 Å². The Morgan fingerprint density at radius 3 is 2.65 bits per heavy atom. The summed E-state index contributed by atoms with van der Waals surface area (Å²) in [6.07, 6.45) is 14.3. The second kappa shape index (κ2) is 6.99. The zero-order valence-electron chi connectivity index (χ0n) is 16.7. The second-order valence-electron chi connectivity index (χ2n) is 7.52. The number of hydrogen-bond acceptors (Lipinski definition) is 4. The third kappa shape index (κ3) is 2.86. The van der Waals surface area contributed by atoms with E-state index in [9.17, 15) is 0 Å². The van der Waals surface area contributed by atoms with E-state index in [1.54, 1.807) is 12.4 Å². The highest BCUT2D eigenvalue weighted by molar-refractivity contribution is 6.10. The van der Waals surface area contributed by atoms with Crippen LogP contribution in [0.1, 0.15) is 6.42 Å². The molecule has 0 radical (unpaired) electrons. The molecule has 5 aromatic rings. The molecule has 2 aromatic carbocycles. The molecule has 0 amide bonds. The summed E-state index contributed by atoms with van der Waals surface area (Å²) in [7, 11) is 0. The van der Waals surface area contributed by atoms with E-state index in [0.29, 0.717) is 12.2 Å². The van der Waals surface area contributed by atoms with Crippen molar-refractivity contribution in [3.05, 3.63) is 104 Å². The fourth-order valence-electron chi connectivity index (χ4n) is 4.17. The molecule has 31 heavy (non-hydrogen) atoms. The van der Waals surface area contributed by atoms with E-state index in [1.807, 2.05) is 77.6 Å². The summed E-state index contributed by atoms with van der Waals surface area (Å²) in [5, 5.41) is 6.59. The molecule has 5 heteroatoms. The first-order valence-electron chi connectivity index (χ1n) is 10.2. The fraction of sp³-hybridized carbons (Fsp3) is 0.0769. The summed E-state index contributed by atoms with van der Waals surface area (Å²) >= 11 is 0. The first-order chi connectivity index (χ1) is 15.3. The van der Waals surface area contributed by atoms with Crippen LogP contribution in [0.4, 0.5) is 0 Å². The predicted octanol–water partition coefficient (Wildman–Crippen LogP) is 6.09. The molecule has 0 saturated heterocycles. The van der Waals surface area contributed by atoms with Crippen molar-refractivity contribution in [2.24, 2.45) is 0 Å². The van der Waals surface area contributed by atoms with Gasteiger partial charge in [-0.05, 0) is 42.5 Å². The van der Waals surface area contributed by atoms with Gasteiger partial charge in [-0.1, -0.05) is 42.5 Å². The van der Waals surface area contributed by atoms with Crippen LogP contribution >= 0.6 is 0 Å². The number of fused-ring (bicyclic) bond motifs is 3. The SMILES string of the molecule is C1=CCC(Oc2ccc3c(oc4ccccc43)c2-c2ccccn2)(n2cccn2)C=C1. The van der Waals surface area contributed by atoms with Crippen molar-refractivity contribution < 1.29 is 9.15 Å². The van der Waals surface area contributed by atoms with Crippen LogP contribution < -0.4 is 4.74 Å². The van der Waals surface area contributed by atoms with E-state index in [1.165, 1.54) is 0 Å². The lowest BCUT2D eigenvalue weighted by molar-refractivity contribution is 0.0320. The molecule has 0 bridgehead atoms. The average molecular weight is 405 g/mol. The Balaban J connectivity index is 1.60. The summed E-state index contributed by atoms with van der Waals surface area (Å²) in [4.78, 5) is 4.61. The Morgan fingerprint density at radius 1 is 0.903 bits per heavy atom. The molecular formula is C26H19N3O2. The quantitative estimate of drug-likeness (QED) is 0.363. The van der Waals surface area contributed by atoms with Gasteiger partial charge in [0.15, 0.2) is 0 Å². The third-order valence-corrected chi connectivity index (χ3v) is 5.62. The summed E-state index contributed by atoms with van der Waals surface area (Å²) in [5.41, 5.74) is 2.48. The largest absolute Gasteiger partial charge is 0.461 e. The molecule has 1 aliphatic rings. The Kier molecular flexibility index (Phi) is 3.99. The predicted molar refractivity (Wildman–Crippen MR) is 121 cm³/mol. The van der Waals surface area contributed by atoms with Gasteiger partial charge in [0.2, 0.25) is 5.72 Å². The van der Waals surface area contributed by atoms with Crippen LogP contribution in [0.2, 0.25) is 0 Å². The standard InChI is InChI=1S/C26H19N3O2/c1-5-14-26(15-6-1,29-18-8-17-28-29)31-23-13-12-20-19-9-2-3-11-22(19)30-25(20)24(23)21-10-4-7-16-27-21/h1-14,16-18H,15H2. The van der Waals surface area contributed by atoms with Gasteiger partial charge in [0.1, 0.15) is 16.9 Å². The van der Waals surface area contributed by atoms with Crippen LogP contribution in [0.5, 0.6) is 5.75 Å². The lowest BCUT2D eigenvalue weighted by Gasteiger charge is -2.33. The van der Waals surface area contributed by atoms with E-state index < -0.39 is 5.72 Å². The van der Waals surface area contributed by atoms with Gasteiger partial charge in [0.05, 0.1) is 11.3 Å². The Morgan fingerprint density at radius 2 is 1.84 bits per heavy atom. The summed E-state index contributed by atoms with van der Waals surface area (Å²) in [5.74, 6) is 0.695. The minimum atomic E-state index is -0.762. The third-order valence-electron chi connectivity index (χ3n) is 5.62. The van der Waals surface area contributed by atoms with Gasteiger partial charge in [-0.2, -0.15) is 5.10 Å². The smallest absolute Gasteiger partial charge is 0.224 e. The van der Waals surface area contributed by atoms with Crippen LogP contribution in [-0.2, 0) is 5.72 Å². The average Bonchev–Trinajstić information content (AvgIpc) is 3.49. The Bertz CT molecular complexity index is 1430. The van der Waals surface area contributed by atoms with Crippen LogP contribution in [0.3, 0.4) is 0 Å². The summed E-state index contributed by atoms with van der Waals surface area (Å²) < 4.78 is 14.9. The first kappa shape index (κ1) is 17.7. The van der Waals surface area contributed by atoms with Gasteiger partial charge in [0.25, 0.3) is 0 Å². The first-order valence-corrected chi connectivity index (χ1v) is 10.2. The number of hydrogen-bond donors (Lipinski definition) is 0. The zero-order valence-corrected chi connectivity index (χ0v) is 16.7. The molecule has 0 N–H and O–H groups in total. The molecule has 3 heterocycles. The van der Waals surface area contributed by atoms with Gasteiger partial charge in [0, 0.05) is 35.8 Å². The van der Waals surface area contributed by atoms with Crippen LogP contribution in [0, 0.1) is 0 Å². The molecule has 5 nitrogen and oxygen atoms in total. The van der Waals surface area contributed by atoms with Crippen molar-refractivity contribution in [3.63, 3.8) is 0 Å². The van der Waals surface area contributed by atoms with Crippen molar-refractivity contribution in [1.29, 1.82) is 0 Å². The maximum absolute atomic E-state index is 6.74. The maximum atomic E-state index is 6.74. The molecule has 0 spiro atoms. The topological polar surface area (TPSA) is 53.1 Å². The molecule has 0 saturated carbocycles. The van der Waals surface area contributed by atoms with Gasteiger partial charge in [-0.25, -0.2) is 4.68 Å². The number of nitrogens with zero attached hydrogens (tertiary/aromatic N) is 3. The molecular weight excluding hydrogens is 386 g/mol. The number of para-hydroxylation sites is 1. The highest BCUT2D eigenvalue weighted by atomic mass is 16.5. The van der Waals surface area contributed by atoms with Gasteiger partial charge in [-0.15, -0.1) is 0 Å². The van der Waals surface area contributed by atoms with Crippen LogP contribution in [-0.4, -0.2) is 14.8 Å². The van der Waals surface area contributed by atoms with E-state index in [-0.39, 0.29) is 0 Å². The minimum Gasteiger partial charge on any atom is -0.461 e. The van der Waals surface area contributed by atoms with Gasteiger partial charge in [-0.3, -0.25) is 4.98 Å². The van der Waals surface area contributed by atoms with Crippen molar-refractivity contribution in [1.82, 2.24) is 14.8 Å². The number of benzene rings is 2. The monoisotopic (exact) mass is 405 g/mol. The lowest BCUT2D eigenvalue weighted by atomic mass is 10.0. The summed E-state index contributed by atoms with van der Waals surface area (Å²) in [6, 6.07) is 19.9. The summed E-state index contributed by atoms with van der Waals surface area (Å²) in [6.45, 7) is 0. The molecule has 3 aromatic heterocycles. The van der Waals surface area contributed by atoms with Crippen molar-refractivity contribution in [3.8, 4) is 17.0 Å². The highest BCUT2D eigenvalue weighted by Gasteiger charge is 2.34. The van der Waals surface area contributed by atoms with E-state index >= 15 is 0 Å². The minimum absolute atomic E-state index is 0.658. The van der Waals surface area contributed by atoms with Crippen molar-refractivity contribution in [2.45, 2.75) is 12.1 Å². The van der Waals surface area contributed by atoms with Crippen molar-refractivity contribution >= 4 is 21.9 Å². The number of pyridine rings is 1. The van der Waals surface area contributed by atoms with Gasteiger partial charge >= 0.3 is 0 Å². The highest BCUT2D eigenvalue weighted by Crippen LogP contribution is 2.43. The maximum Gasteiger partial charge on any atom is 0.224 e. The van der Waals surface area contributed by atoms with E-state index in [4.69, 9.17) is 9.15 Å². The number of allylic oxidation sites excluding steroid dienone is 2. The lowest BCUT2D eigenvalue weighted by Crippen LogP contribution is -2.38. The molecule has 1 atom stereocenters. The van der Waals surface area contributed by atoms with Crippen molar-refractivity contribution in [2.75, 3.05) is 0 Å². The van der Waals surface area contributed by atoms with Crippen LogP contribution in [0.25, 0.3) is 33.2 Å². The second-order valence-corrected chi connectivity index (χ2v) is 7.52. The molecule has 1 aliphatic carbocycles. The Labute approximate surface area is 178 Å². The molecule has 0 aliphatic heterocycles. The zero-order chi connectivity index (χ0) is 20.7. The van der Waals surface area contributed by atoms with E-state index in [2.05, 4.69) is 28.3 Å². The number of furan rings is 1. The Hall–Kier alpha value is -4.12. The number of ether oxygens (including phenoxy) is 1. The number of aromatic nitrogens is 3. The number of rotatable bonds is 4. The molecule has 0 fully saturated rings. The fourth-order valence-corrected chi connectivity index (χ4v) is 4.17. The normalized spacial score (nSPS) is 18.1. The molecule has 6 rings (SSSR count). The van der Waals surface area contributed by atoms with E-state index in [0.717, 1.165) is 33.2 Å².